The first-order valence-corrected chi connectivity index (χ1v) is 11.3. The molecule has 8 heteroatoms. The number of carboxylic acids is 1. The predicted molar refractivity (Wildman–Crippen MR) is 118 cm³/mol. The van der Waals surface area contributed by atoms with Gasteiger partial charge in [-0.2, -0.15) is 0 Å². The van der Waals surface area contributed by atoms with E-state index in [9.17, 15) is 19.5 Å². The highest BCUT2D eigenvalue weighted by Crippen LogP contribution is 2.29. The van der Waals surface area contributed by atoms with Crippen LogP contribution < -0.4 is 10.1 Å². The monoisotopic (exact) mass is 446 g/mol. The van der Waals surface area contributed by atoms with Gasteiger partial charge in [0.05, 0.1) is 24.7 Å². The van der Waals surface area contributed by atoms with Crippen LogP contribution in [0, 0.1) is 5.92 Å². The molecule has 2 aliphatic heterocycles. The zero-order valence-corrected chi connectivity index (χ0v) is 19.3. The summed E-state index contributed by atoms with van der Waals surface area (Å²) in [5.41, 5.74) is 0.230. The van der Waals surface area contributed by atoms with Crippen LogP contribution in [0.15, 0.2) is 24.3 Å². The molecule has 1 saturated heterocycles. The minimum atomic E-state index is -1.06. The van der Waals surface area contributed by atoms with E-state index in [2.05, 4.69) is 5.32 Å². The first-order valence-electron chi connectivity index (χ1n) is 11.3. The van der Waals surface area contributed by atoms with E-state index in [0.717, 1.165) is 5.56 Å². The van der Waals surface area contributed by atoms with E-state index < -0.39 is 29.8 Å². The molecule has 1 aromatic carbocycles. The maximum absolute atomic E-state index is 13.5. The van der Waals surface area contributed by atoms with Crippen molar-refractivity contribution in [1.29, 1.82) is 0 Å². The Hall–Kier alpha value is -2.61. The number of carboxylic acid groups (broad SMARTS) is 1. The van der Waals surface area contributed by atoms with Crippen LogP contribution in [0.25, 0.3) is 0 Å². The molecule has 3 rings (SSSR count). The van der Waals surface area contributed by atoms with Gasteiger partial charge in [-0.25, -0.2) is 4.79 Å². The molecule has 0 radical (unpaired) electrons. The number of hydrogen-bond donors (Lipinski definition) is 2. The van der Waals surface area contributed by atoms with Crippen LogP contribution in [-0.2, 0) is 25.5 Å². The van der Waals surface area contributed by atoms with Crippen LogP contribution in [0.5, 0.6) is 5.75 Å². The quantitative estimate of drug-likeness (QED) is 0.739. The summed E-state index contributed by atoms with van der Waals surface area (Å²) in [4.78, 5) is 39.6. The minimum Gasteiger partial charge on any atom is -0.493 e. The summed E-state index contributed by atoms with van der Waals surface area (Å²) in [6, 6.07) is 5.57. The molecule has 1 aromatic rings. The Morgan fingerprint density at radius 2 is 2.09 bits per heavy atom. The molecule has 32 heavy (non-hydrogen) atoms. The van der Waals surface area contributed by atoms with Crippen LogP contribution in [0.4, 0.5) is 0 Å². The number of ether oxygens (including phenoxy) is 2. The van der Waals surface area contributed by atoms with Gasteiger partial charge in [0.2, 0.25) is 11.8 Å². The molecular weight excluding hydrogens is 412 g/mol. The molecule has 4 bridgehead atoms. The largest absolute Gasteiger partial charge is 0.493 e. The highest BCUT2D eigenvalue weighted by atomic mass is 16.5. The summed E-state index contributed by atoms with van der Waals surface area (Å²) >= 11 is 0. The number of rotatable bonds is 3. The highest BCUT2D eigenvalue weighted by Gasteiger charge is 2.44. The van der Waals surface area contributed by atoms with Crippen LogP contribution in [0.3, 0.4) is 0 Å². The third-order valence-electron chi connectivity index (χ3n) is 6.35. The third-order valence-corrected chi connectivity index (χ3v) is 6.35. The minimum absolute atomic E-state index is 0.108. The molecule has 2 heterocycles. The maximum Gasteiger partial charge on any atom is 0.326 e. The number of nitrogens with zero attached hydrogens (tertiary/aromatic N) is 1. The normalized spacial score (nSPS) is 27.4. The SMILES string of the molecule is CC[C@H](C)[C@@H]1NC(=O)Cc2cccc(c2)OCCC(C)(C)O[C@@H]2C[C@@H](C(=O)O)N(C2)C1=O. The topological polar surface area (TPSA) is 105 Å². The summed E-state index contributed by atoms with van der Waals surface area (Å²) in [6.07, 6.45) is 1.18. The van der Waals surface area contributed by atoms with Gasteiger partial charge in [0, 0.05) is 19.4 Å². The Kier molecular flexibility index (Phi) is 7.44. The first-order chi connectivity index (χ1) is 15.1. The van der Waals surface area contributed by atoms with Gasteiger partial charge in [-0.15, -0.1) is 0 Å². The lowest BCUT2D eigenvalue weighted by Crippen LogP contribution is -2.54. The number of hydrogen-bond acceptors (Lipinski definition) is 5. The summed E-state index contributed by atoms with van der Waals surface area (Å²) in [5.74, 6) is -1.19. The Morgan fingerprint density at radius 1 is 1.34 bits per heavy atom. The average molecular weight is 447 g/mol. The second-order valence-corrected chi connectivity index (χ2v) is 9.43. The zero-order chi connectivity index (χ0) is 23.5. The molecular formula is C24H34N2O6. The van der Waals surface area contributed by atoms with E-state index >= 15 is 0 Å². The number of benzene rings is 1. The fourth-order valence-electron chi connectivity index (χ4n) is 4.30. The van der Waals surface area contributed by atoms with Crippen molar-refractivity contribution in [2.24, 2.45) is 5.92 Å². The van der Waals surface area contributed by atoms with E-state index in [-0.39, 0.29) is 37.1 Å². The van der Waals surface area contributed by atoms with Gasteiger partial charge in [-0.05, 0) is 37.5 Å². The van der Waals surface area contributed by atoms with Crippen molar-refractivity contribution in [2.75, 3.05) is 13.2 Å². The van der Waals surface area contributed by atoms with Gasteiger partial charge in [0.15, 0.2) is 0 Å². The molecule has 0 aromatic heterocycles. The van der Waals surface area contributed by atoms with Gasteiger partial charge in [-0.3, -0.25) is 9.59 Å². The van der Waals surface area contributed by atoms with Crippen molar-refractivity contribution in [3.63, 3.8) is 0 Å². The van der Waals surface area contributed by atoms with Gasteiger partial charge >= 0.3 is 5.97 Å². The molecule has 2 N–H and O–H groups in total. The van der Waals surface area contributed by atoms with E-state index in [0.29, 0.717) is 25.2 Å². The Balaban J connectivity index is 1.93. The Labute approximate surface area is 189 Å². The molecule has 0 unspecified atom stereocenters. The van der Waals surface area contributed by atoms with Crippen molar-refractivity contribution in [3.8, 4) is 5.75 Å². The van der Waals surface area contributed by atoms with E-state index in [4.69, 9.17) is 9.47 Å². The van der Waals surface area contributed by atoms with Gasteiger partial charge in [0.1, 0.15) is 17.8 Å². The standard InChI is InChI=1S/C24H34N2O6/c1-5-15(2)21-22(28)26-14-18(13-19(26)23(29)30)32-24(3,4)9-10-31-17-8-6-7-16(11-17)12-20(27)25-21/h6-8,11,15,18-19,21H,5,9-10,12-14H2,1-4H3,(H,25,27)(H,29,30)/t15-,18+,19-,21-/m0/s1. The van der Waals surface area contributed by atoms with Gasteiger partial charge in [0.25, 0.3) is 0 Å². The predicted octanol–water partition coefficient (Wildman–Crippen LogP) is 2.39. The second-order valence-electron chi connectivity index (χ2n) is 9.43. The smallest absolute Gasteiger partial charge is 0.326 e. The molecule has 2 amide bonds. The number of amides is 2. The van der Waals surface area contributed by atoms with Crippen molar-refractivity contribution >= 4 is 17.8 Å². The van der Waals surface area contributed by atoms with Gasteiger partial charge in [-0.1, -0.05) is 32.4 Å². The van der Waals surface area contributed by atoms with Crippen molar-refractivity contribution in [1.82, 2.24) is 10.2 Å². The fourth-order valence-corrected chi connectivity index (χ4v) is 4.30. The fraction of sp³-hybridized carbons (Fsp3) is 0.625. The average Bonchev–Trinajstić information content (AvgIpc) is 3.14. The summed E-state index contributed by atoms with van der Waals surface area (Å²) in [7, 11) is 0. The van der Waals surface area contributed by atoms with Crippen LogP contribution in [0.2, 0.25) is 0 Å². The lowest BCUT2D eigenvalue weighted by atomic mass is 9.97. The molecule has 1 fully saturated rings. The third kappa shape index (κ3) is 5.79. The Morgan fingerprint density at radius 3 is 2.78 bits per heavy atom. The zero-order valence-electron chi connectivity index (χ0n) is 19.3. The lowest BCUT2D eigenvalue weighted by Gasteiger charge is -2.31. The number of carbonyl (C=O) groups excluding carboxylic acids is 2. The number of carbonyl (C=O) groups is 3. The molecule has 4 atom stereocenters. The molecule has 8 nitrogen and oxygen atoms in total. The summed E-state index contributed by atoms with van der Waals surface area (Å²) in [5, 5.41) is 12.6. The number of aliphatic carboxylic acids is 1. The van der Waals surface area contributed by atoms with Gasteiger partial charge < -0.3 is 24.8 Å². The summed E-state index contributed by atoms with van der Waals surface area (Å²) < 4.78 is 12.1. The highest BCUT2D eigenvalue weighted by molar-refractivity contribution is 5.91. The first kappa shape index (κ1) is 24.0. The summed E-state index contributed by atoms with van der Waals surface area (Å²) in [6.45, 7) is 8.31. The second kappa shape index (κ2) is 9.90. The maximum atomic E-state index is 13.5. The van der Waals surface area contributed by atoms with Crippen LogP contribution in [-0.4, -0.2) is 64.7 Å². The Bertz CT molecular complexity index is 855. The van der Waals surface area contributed by atoms with Crippen molar-refractivity contribution in [3.05, 3.63) is 29.8 Å². The molecule has 0 spiro atoms. The van der Waals surface area contributed by atoms with Crippen LogP contribution in [0.1, 0.15) is 52.5 Å². The molecule has 0 saturated carbocycles. The van der Waals surface area contributed by atoms with Crippen molar-refractivity contribution < 1.29 is 29.0 Å². The number of fused-ring (bicyclic) bond motifs is 4. The van der Waals surface area contributed by atoms with E-state index in [1.165, 1.54) is 4.90 Å². The van der Waals surface area contributed by atoms with Crippen LogP contribution >= 0.6 is 0 Å². The van der Waals surface area contributed by atoms with Crippen molar-refractivity contribution in [2.45, 2.75) is 77.2 Å². The molecule has 2 aliphatic rings. The molecule has 176 valence electrons. The number of nitrogens with one attached hydrogen (secondary N) is 1. The molecule has 0 aliphatic carbocycles. The van der Waals surface area contributed by atoms with E-state index in [1.54, 1.807) is 0 Å². The van der Waals surface area contributed by atoms with E-state index in [1.807, 2.05) is 52.0 Å². The lowest BCUT2D eigenvalue weighted by molar-refractivity contribution is -0.150.